The van der Waals surface area contributed by atoms with E-state index >= 15 is 0 Å². The highest BCUT2D eigenvalue weighted by molar-refractivity contribution is 5.85. The van der Waals surface area contributed by atoms with Crippen molar-refractivity contribution in [2.45, 2.75) is 26.7 Å². The summed E-state index contributed by atoms with van der Waals surface area (Å²) in [4.78, 5) is 12.0. The minimum Gasteiger partial charge on any atom is -0.383 e. The number of terminal acetylenes is 1. The Bertz CT molecular complexity index is 1190. The molecule has 0 aliphatic carbocycles. The summed E-state index contributed by atoms with van der Waals surface area (Å²) in [5.41, 5.74) is 5.77. The molecule has 162 valence electrons. The van der Waals surface area contributed by atoms with Gasteiger partial charge in [-0.05, 0) is 41.7 Å². The lowest BCUT2D eigenvalue weighted by Gasteiger charge is -2.09. The fourth-order valence-electron chi connectivity index (χ4n) is 3.24. The van der Waals surface area contributed by atoms with Crippen LogP contribution in [0, 0.1) is 18.3 Å². The Hall–Kier alpha value is -3.84. The molecule has 3 aromatic rings. The van der Waals surface area contributed by atoms with Crippen LogP contribution in [0.1, 0.15) is 37.0 Å². The first-order valence-corrected chi connectivity index (χ1v) is 10.9. The fourth-order valence-corrected chi connectivity index (χ4v) is 3.24. The molecule has 0 radical (unpaired) electrons. The van der Waals surface area contributed by atoms with Crippen LogP contribution in [0.15, 0.2) is 84.5 Å². The van der Waals surface area contributed by atoms with Crippen LogP contribution >= 0.6 is 0 Å². The Morgan fingerprint density at radius 1 is 1.34 bits per heavy atom. The van der Waals surface area contributed by atoms with Crippen molar-refractivity contribution in [2.75, 3.05) is 6.54 Å². The van der Waals surface area contributed by atoms with Gasteiger partial charge in [0, 0.05) is 59.6 Å². The number of pyridine rings is 1. The number of aromatic nitrogens is 2. The van der Waals surface area contributed by atoms with Gasteiger partial charge in [-0.1, -0.05) is 57.0 Å². The van der Waals surface area contributed by atoms with Crippen molar-refractivity contribution >= 4 is 22.7 Å². The van der Waals surface area contributed by atoms with Crippen molar-refractivity contribution in [2.24, 2.45) is 10.9 Å². The quantitative estimate of drug-likeness (QED) is 0.243. The monoisotopic (exact) mass is 422 g/mol. The Morgan fingerprint density at radius 2 is 2.19 bits per heavy atom. The van der Waals surface area contributed by atoms with E-state index in [1.165, 1.54) is 10.9 Å². The average molecular weight is 423 g/mol. The van der Waals surface area contributed by atoms with Crippen LogP contribution in [-0.4, -0.2) is 22.7 Å². The van der Waals surface area contributed by atoms with E-state index in [4.69, 9.17) is 6.42 Å². The lowest BCUT2D eigenvalue weighted by Crippen LogP contribution is -2.17. The van der Waals surface area contributed by atoms with Crippen molar-refractivity contribution in [3.8, 4) is 12.3 Å². The van der Waals surface area contributed by atoms with Crippen LogP contribution in [-0.2, 0) is 6.42 Å². The maximum Gasteiger partial charge on any atom is 0.0532 e. The summed E-state index contributed by atoms with van der Waals surface area (Å²) in [6, 6.07) is 10.3. The molecule has 0 bridgehead atoms. The zero-order chi connectivity index (χ0) is 22.8. The van der Waals surface area contributed by atoms with Crippen LogP contribution in [0.5, 0.6) is 0 Å². The number of nitrogens with zero attached hydrogens (tertiary/aromatic N) is 2. The number of nitrogens with one attached hydrogen (secondary N) is 2. The zero-order valence-electron chi connectivity index (χ0n) is 18.8. The molecule has 0 fully saturated rings. The van der Waals surface area contributed by atoms with E-state index in [-0.39, 0.29) is 0 Å². The van der Waals surface area contributed by atoms with Gasteiger partial charge in [0.15, 0.2) is 0 Å². The highest BCUT2D eigenvalue weighted by Gasteiger charge is 2.04. The number of H-pyrrole nitrogens is 1. The number of aliphatic imine (C=N–C) groups is 1. The summed E-state index contributed by atoms with van der Waals surface area (Å²) in [6.07, 6.45) is 20.8. The van der Waals surface area contributed by atoms with E-state index in [1.54, 1.807) is 12.4 Å². The van der Waals surface area contributed by atoms with Gasteiger partial charge in [0.2, 0.25) is 0 Å². The van der Waals surface area contributed by atoms with E-state index in [2.05, 4.69) is 77.1 Å². The topological polar surface area (TPSA) is 53.1 Å². The van der Waals surface area contributed by atoms with Crippen LogP contribution < -0.4 is 5.32 Å². The van der Waals surface area contributed by atoms with Gasteiger partial charge in [0.1, 0.15) is 0 Å². The maximum absolute atomic E-state index is 5.51. The second kappa shape index (κ2) is 11.5. The van der Waals surface area contributed by atoms with Crippen LogP contribution in [0.25, 0.3) is 16.5 Å². The molecule has 0 saturated carbocycles. The highest BCUT2D eigenvalue weighted by atomic mass is 14.9. The molecule has 0 saturated heterocycles. The lowest BCUT2D eigenvalue weighted by atomic mass is 10.1. The third-order valence-electron chi connectivity index (χ3n) is 5.36. The molecule has 3 rings (SSSR count). The first-order chi connectivity index (χ1) is 15.6. The van der Waals surface area contributed by atoms with Crippen molar-refractivity contribution in [1.82, 2.24) is 15.3 Å². The molecule has 2 N–H and O–H groups in total. The smallest absolute Gasteiger partial charge is 0.0532 e. The van der Waals surface area contributed by atoms with Gasteiger partial charge in [-0.3, -0.25) is 9.98 Å². The van der Waals surface area contributed by atoms with Crippen molar-refractivity contribution in [3.63, 3.8) is 0 Å². The predicted octanol–water partition coefficient (Wildman–Crippen LogP) is 5.90. The second-order valence-corrected chi connectivity index (χ2v) is 7.77. The largest absolute Gasteiger partial charge is 0.383 e. The van der Waals surface area contributed by atoms with E-state index in [0.717, 1.165) is 47.3 Å². The van der Waals surface area contributed by atoms with Crippen molar-refractivity contribution < 1.29 is 0 Å². The van der Waals surface area contributed by atoms with Crippen molar-refractivity contribution in [1.29, 1.82) is 0 Å². The number of allylic oxidation sites excluding steroid dienone is 4. The van der Waals surface area contributed by atoms with E-state index < -0.39 is 0 Å². The van der Waals surface area contributed by atoms with E-state index in [9.17, 15) is 0 Å². The molecule has 1 aromatic carbocycles. The molecule has 2 heterocycles. The third-order valence-corrected chi connectivity index (χ3v) is 5.36. The second-order valence-electron chi connectivity index (χ2n) is 7.77. The molecule has 0 aliphatic heterocycles. The Kier molecular flexibility index (Phi) is 8.22. The van der Waals surface area contributed by atoms with Gasteiger partial charge in [0.05, 0.1) is 5.70 Å². The predicted molar refractivity (Wildman–Crippen MR) is 136 cm³/mol. The lowest BCUT2D eigenvalue weighted by molar-refractivity contribution is 0.697. The molecule has 0 aliphatic rings. The average Bonchev–Trinajstić information content (AvgIpc) is 3.24. The Morgan fingerprint density at radius 3 is 3.00 bits per heavy atom. The molecule has 4 nitrogen and oxygen atoms in total. The first kappa shape index (κ1) is 22.8. The molecular weight excluding hydrogens is 392 g/mol. The maximum atomic E-state index is 5.51. The number of fused-ring (bicyclic) bond motifs is 1. The normalized spacial score (nSPS) is 13.0. The number of aromatic amines is 1. The molecular formula is C28H30N4. The number of hydrogen-bond donors (Lipinski definition) is 2. The van der Waals surface area contributed by atoms with Crippen LogP contribution in [0.3, 0.4) is 0 Å². The van der Waals surface area contributed by atoms with Gasteiger partial charge in [-0.2, -0.15) is 0 Å². The van der Waals surface area contributed by atoms with Crippen LogP contribution in [0.4, 0.5) is 0 Å². The first-order valence-electron chi connectivity index (χ1n) is 10.9. The summed E-state index contributed by atoms with van der Waals surface area (Å²) in [5.74, 6) is 3.12. The number of benzene rings is 1. The zero-order valence-corrected chi connectivity index (χ0v) is 18.8. The Balaban J connectivity index is 1.74. The summed E-state index contributed by atoms with van der Waals surface area (Å²) < 4.78 is 0. The number of rotatable bonds is 10. The van der Waals surface area contributed by atoms with Crippen LogP contribution in [0.2, 0.25) is 0 Å². The number of para-hydroxylation sites is 1. The van der Waals surface area contributed by atoms with Gasteiger partial charge < -0.3 is 10.3 Å². The summed E-state index contributed by atoms with van der Waals surface area (Å²) in [7, 11) is 0. The standard InChI is InChI=1S/C28H30N4/c1-5-21(3)11-13-29-20-26(15-22(4)25-16-23(6-2)17-30-18-25)31-14-12-24-19-32-28-10-8-7-9-27(24)28/h2,7-11,13,15-21,31-32H,4-5,12,14H2,1,3H3/b13-11+,26-15+,29-20+. The van der Waals surface area contributed by atoms with Gasteiger partial charge in [0.25, 0.3) is 0 Å². The molecule has 0 amide bonds. The minimum atomic E-state index is 0.502. The van der Waals surface area contributed by atoms with Gasteiger partial charge in [-0.25, -0.2) is 0 Å². The molecule has 32 heavy (non-hydrogen) atoms. The van der Waals surface area contributed by atoms with Gasteiger partial charge >= 0.3 is 0 Å². The fraction of sp³-hybridized carbons (Fsp3) is 0.214. The van der Waals surface area contributed by atoms with Gasteiger partial charge in [-0.15, -0.1) is 6.42 Å². The summed E-state index contributed by atoms with van der Waals surface area (Å²) >= 11 is 0. The van der Waals surface area contributed by atoms with E-state index in [0.29, 0.717) is 5.92 Å². The highest BCUT2D eigenvalue weighted by Crippen LogP contribution is 2.18. The Labute approximate surface area is 190 Å². The van der Waals surface area contributed by atoms with Crippen molar-refractivity contribution in [3.05, 3.63) is 96.2 Å². The molecule has 1 atom stereocenters. The number of hydrogen-bond acceptors (Lipinski definition) is 3. The minimum absolute atomic E-state index is 0.502. The molecule has 4 heteroatoms. The summed E-state index contributed by atoms with van der Waals surface area (Å²) in [5, 5.41) is 4.75. The SMILES string of the molecule is C#Cc1cncc(C(=C)\C=C(/C=N/C=C/C(C)CC)NCCc2c[nH]c3ccccc23)c1. The summed E-state index contributed by atoms with van der Waals surface area (Å²) in [6.45, 7) is 9.31. The van der Waals surface area contributed by atoms with E-state index in [1.807, 2.05) is 30.6 Å². The molecule has 0 spiro atoms. The third kappa shape index (κ3) is 6.33. The molecule has 2 aromatic heterocycles. The molecule has 1 unspecified atom stereocenters.